The molecule has 2 N–H and O–H groups in total. The molecule has 98 valence electrons. The molecule has 0 saturated carbocycles. The van der Waals surface area contributed by atoms with Gasteiger partial charge in [-0.1, -0.05) is 24.3 Å². The van der Waals surface area contributed by atoms with E-state index in [0.29, 0.717) is 5.69 Å². The summed E-state index contributed by atoms with van der Waals surface area (Å²) in [6.07, 6.45) is 0.951. The summed E-state index contributed by atoms with van der Waals surface area (Å²) < 4.78 is 0. The lowest BCUT2D eigenvalue weighted by Gasteiger charge is -2.24. The van der Waals surface area contributed by atoms with Gasteiger partial charge in [0.2, 0.25) is 0 Å². The molecule has 1 aliphatic heterocycles. The van der Waals surface area contributed by atoms with Gasteiger partial charge in [0.25, 0.3) is 5.91 Å². The van der Waals surface area contributed by atoms with Crippen LogP contribution in [0.25, 0.3) is 10.9 Å². The van der Waals surface area contributed by atoms with Crippen LogP contribution in [0.4, 0.5) is 0 Å². The first-order valence-electron chi connectivity index (χ1n) is 6.55. The van der Waals surface area contributed by atoms with E-state index in [4.69, 9.17) is 0 Å². The van der Waals surface area contributed by atoms with Gasteiger partial charge >= 0.3 is 0 Å². The number of hydrogen-bond donors (Lipinski definition) is 2. The highest BCUT2D eigenvalue weighted by molar-refractivity contribution is 5.95. The molecular formula is C15H17N3O. The zero-order valence-corrected chi connectivity index (χ0v) is 10.9. The molecule has 1 aromatic heterocycles. The number of nitrogens with zero attached hydrogens (tertiary/aromatic N) is 1. The Kier molecular flexibility index (Phi) is 2.95. The minimum absolute atomic E-state index is 0.100. The van der Waals surface area contributed by atoms with Crippen molar-refractivity contribution in [1.82, 2.24) is 15.6 Å². The van der Waals surface area contributed by atoms with Crippen LogP contribution in [0.5, 0.6) is 0 Å². The molecule has 1 aliphatic rings. The Labute approximate surface area is 112 Å². The third-order valence-electron chi connectivity index (χ3n) is 3.62. The largest absolute Gasteiger partial charge is 0.344 e. The number of aromatic nitrogens is 1. The number of amides is 1. The number of rotatable bonds is 2. The second-order valence-corrected chi connectivity index (χ2v) is 5.33. The van der Waals surface area contributed by atoms with Gasteiger partial charge in [-0.2, -0.15) is 0 Å². The van der Waals surface area contributed by atoms with Crippen molar-refractivity contribution >= 4 is 16.8 Å². The van der Waals surface area contributed by atoms with E-state index in [1.165, 1.54) is 0 Å². The van der Waals surface area contributed by atoms with Gasteiger partial charge in [0.05, 0.1) is 11.1 Å². The number of carbonyl (C=O) groups is 1. The maximum Gasteiger partial charge on any atom is 0.270 e. The van der Waals surface area contributed by atoms with Crippen molar-refractivity contribution in [2.45, 2.75) is 18.9 Å². The molecule has 0 spiro atoms. The van der Waals surface area contributed by atoms with Gasteiger partial charge in [-0.3, -0.25) is 4.79 Å². The molecule has 1 fully saturated rings. The molecule has 0 radical (unpaired) electrons. The molecule has 4 heteroatoms. The number of pyridine rings is 1. The van der Waals surface area contributed by atoms with Crippen LogP contribution in [0, 0.1) is 0 Å². The van der Waals surface area contributed by atoms with Crippen molar-refractivity contribution < 1.29 is 4.79 Å². The average Bonchev–Trinajstić information content (AvgIpc) is 2.84. The molecule has 1 amide bonds. The van der Waals surface area contributed by atoms with E-state index in [0.717, 1.165) is 30.4 Å². The van der Waals surface area contributed by atoms with E-state index >= 15 is 0 Å². The number of carbonyl (C=O) groups excluding carboxylic acids is 1. The molecule has 19 heavy (non-hydrogen) atoms. The Balaban J connectivity index is 1.85. The third-order valence-corrected chi connectivity index (χ3v) is 3.62. The van der Waals surface area contributed by atoms with Crippen molar-refractivity contribution in [3.8, 4) is 0 Å². The minimum atomic E-state index is -0.162. The summed E-state index contributed by atoms with van der Waals surface area (Å²) in [6.45, 7) is 3.82. The zero-order valence-electron chi connectivity index (χ0n) is 10.9. The maximum atomic E-state index is 12.2. The fraction of sp³-hybridized carbons (Fsp3) is 0.333. The van der Waals surface area contributed by atoms with E-state index in [9.17, 15) is 4.79 Å². The quantitative estimate of drug-likeness (QED) is 0.859. The average molecular weight is 255 g/mol. The van der Waals surface area contributed by atoms with Crippen LogP contribution in [-0.2, 0) is 0 Å². The molecule has 1 atom stereocenters. The second kappa shape index (κ2) is 4.63. The Hall–Kier alpha value is -1.94. The van der Waals surface area contributed by atoms with E-state index in [1.807, 2.05) is 30.3 Å². The van der Waals surface area contributed by atoms with Crippen LogP contribution in [-0.4, -0.2) is 29.5 Å². The number of hydrogen-bond acceptors (Lipinski definition) is 3. The standard InChI is InChI=1S/C15H17N3O/c1-15(8-9-16-10-15)18-14(19)13-7-6-11-4-2-3-5-12(11)17-13/h2-7,16H,8-10H2,1H3,(H,18,19). The molecule has 1 unspecified atom stereocenters. The maximum absolute atomic E-state index is 12.2. The van der Waals surface area contributed by atoms with Crippen LogP contribution >= 0.6 is 0 Å². The van der Waals surface area contributed by atoms with Crippen molar-refractivity contribution in [1.29, 1.82) is 0 Å². The molecule has 4 nitrogen and oxygen atoms in total. The van der Waals surface area contributed by atoms with Gasteiger partial charge in [0.15, 0.2) is 0 Å². The first kappa shape index (κ1) is 12.1. The van der Waals surface area contributed by atoms with Crippen molar-refractivity contribution in [2.75, 3.05) is 13.1 Å². The smallest absolute Gasteiger partial charge is 0.270 e. The van der Waals surface area contributed by atoms with Crippen LogP contribution < -0.4 is 10.6 Å². The second-order valence-electron chi connectivity index (χ2n) is 5.33. The Bertz CT molecular complexity index is 618. The highest BCUT2D eigenvalue weighted by Crippen LogP contribution is 2.15. The summed E-state index contributed by atoms with van der Waals surface area (Å²) in [5, 5.41) is 7.39. The lowest BCUT2D eigenvalue weighted by molar-refractivity contribution is 0.0908. The number of nitrogens with one attached hydrogen (secondary N) is 2. The summed E-state index contributed by atoms with van der Waals surface area (Å²) in [4.78, 5) is 16.7. The molecule has 2 aromatic rings. The number of fused-ring (bicyclic) bond motifs is 1. The van der Waals surface area contributed by atoms with Gasteiger partial charge in [-0.05, 0) is 32.0 Å². The van der Waals surface area contributed by atoms with Gasteiger partial charge in [-0.15, -0.1) is 0 Å². The predicted molar refractivity (Wildman–Crippen MR) is 75.1 cm³/mol. The SMILES string of the molecule is CC1(NC(=O)c2ccc3ccccc3n2)CCNC1. The molecule has 1 aromatic carbocycles. The Morgan fingerprint density at radius 1 is 1.32 bits per heavy atom. The van der Waals surface area contributed by atoms with Crippen molar-refractivity contribution in [2.24, 2.45) is 0 Å². The molecule has 2 heterocycles. The van der Waals surface area contributed by atoms with Gasteiger partial charge in [0, 0.05) is 11.9 Å². The predicted octanol–water partition coefficient (Wildman–Crippen LogP) is 1.72. The lowest BCUT2D eigenvalue weighted by atomic mass is 10.0. The van der Waals surface area contributed by atoms with Crippen molar-refractivity contribution in [3.63, 3.8) is 0 Å². The zero-order chi connectivity index (χ0) is 13.3. The summed E-state index contributed by atoms with van der Waals surface area (Å²) in [5.41, 5.74) is 1.17. The highest BCUT2D eigenvalue weighted by atomic mass is 16.2. The number of para-hydroxylation sites is 1. The molecule has 1 saturated heterocycles. The minimum Gasteiger partial charge on any atom is -0.344 e. The first-order chi connectivity index (χ1) is 9.16. The van der Waals surface area contributed by atoms with E-state index in [1.54, 1.807) is 6.07 Å². The third kappa shape index (κ3) is 2.44. The fourth-order valence-electron chi connectivity index (χ4n) is 2.45. The highest BCUT2D eigenvalue weighted by Gasteiger charge is 2.30. The Morgan fingerprint density at radius 3 is 2.95 bits per heavy atom. The van der Waals surface area contributed by atoms with Crippen LogP contribution in [0.2, 0.25) is 0 Å². The van der Waals surface area contributed by atoms with Crippen molar-refractivity contribution in [3.05, 3.63) is 42.1 Å². The normalized spacial score (nSPS) is 22.6. The first-order valence-corrected chi connectivity index (χ1v) is 6.55. The monoisotopic (exact) mass is 255 g/mol. The van der Waals surface area contributed by atoms with E-state index in [-0.39, 0.29) is 11.4 Å². The lowest BCUT2D eigenvalue weighted by Crippen LogP contribution is -2.47. The van der Waals surface area contributed by atoms with Crippen LogP contribution in [0.15, 0.2) is 36.4 Å². The summed E-state index contributed by atoms with van der Waals surface area (Å²) >= 11 is 0. The Morgan fingerprint density at radius 2 is 2.16 bits per heavy atom. The van der Waals surface area contributed by atoms with E-state index in [2.05, 4.69) is 22.5 Å². The fourth-order valence-corrected chi connectivity index (χ4v) is 2.45. The molecule has 0 aliphatic carbocycles. The van der Waals surface area contributed by atoms with E-state index < -0.39 is 0 Å². The summed E-state index contributed by atoms with van der Waals surface area (Å²) in [6, 6.07) is 11.5. The molecule has 3 rings (SSSR count). The van der Waals surface area contributed by atoms with Gasteiger partial charge < -0.3 is 10.6 Å². The van der Waals surface area contributed by atoms with Crippen LogP contribution in [0.3, 0.4) is 0 Å². The molecule has 0 bridgehead atoms. The van der Waals surface area contributed by atoms with Crippen LogP contribution in [0.1, 0.15) is 23.8 Å². The van der Waals surface area contributed by atoms with Gasteiger partial charge in [-0.25, -0.2) is 4.98 Å². The number of benzene rings is 1. The topological polar surface area (TPSA) is 54.0 Å². The molecular weight excluding hydrogens is 238 g/mol. The summed E-state index contributed by atoms with van der Waals surface area (Å²) in [7, 11) is 0. The van der Waals surface area contributed by atoms with Gasteiger partial charge in [0.1, 0.15) is 5.69 Å². The summed E-state index contributed by atoms with van der Waals surface area (Å²) in [5.74, 6) is -0.100.